The molecule has 0 unspecified atom stereocenters. The number of carbonyl (C=O) groups is 1. The maximum atomic E-state index is 13.1. The van der Waals surface area contributed by atoms with Crippen molar-refractivity contribution in [2.75, 3.05) is 17.2 Å². The fourth-order valence-electron chi connectivity index (χ4n) is 1.72. The lowest BCUT2D eigenvalue weighted by Crippen LogP contribution is -2.22. The number of rotatable bonds is 4. The summed E-state index contributed by atoms with van der Waals surface area (Å²) in [6.07, 6.45) is 0. The van der Waals surface area contributed by atoms with Crippen molar-refractivity contribution in [3.05, 3.63) is 57.8 Å². The lowest BCUT2D eigenvalue weighted by atomic mass is 10.2. The van der Waals surface area contributed by atoms with E-state index < -0.39 is 5.82 Å². The number of aryl methyl sites for hydroxylation is 1. The van der Waals surface area contributed by atoms with E-state index in [-0.39, 0.29) is 22.5 Å². The monoisotopic (exact) mass is 326 g/mol. The van der Waals surface area contributed by atoms with Gasteiger partial charge in [0.15, 0.2) is 0 Å². The SMILES string of the molecule is Cc1ccc(NC(=O)CNc2c(Cl)cc(F)cc2Cl)cc1. The lowest BCUT2D eigenvalue weighted by molar-refractivity contribution is -0.114. The molecule has 0 aliphatic rings. The summed E-state index contributed by atoms with van der Waals surface area (Å²) in [6, 6.07) is 9.69. The smallest absolute Gasteiger partial charge is 0.243 e. The van der Waals surface area contributed by atoms with Crippen LogP contribution in [0.3, 0.4) is 0 Å². The van der Waals surface area contributed by atoms with Gasteiger partial charge in [0.25, 0.3) is 0 Å². The molecule has 3 nitrogen and oxygen atoms in total. The van der Waals surface area contributed by atoms with Crippen LogP contribution in [0.25, 0.3) is 0 Å². The van der Waals surface area contributed by atoms with Crippen molar-refractivity contribution in [3.63, 3.8) is 0 Å². The molecule has 0 aliphatic heterocycles. The zero-order valence-electron chi connectivity index (χ0n) is 11.2. The molecule has 0 heterocycles. The number of anilines is 2. The third-order valence-corrected chi connectivity index (χ3v) is 3.36. The molecule has 0 fully saturated rings. The zero-order chi connectivity index (χ0) is 15.4. The molecular weight excluding hydrogens is 314 g/mol. The van der Waals surface area contributed by atoms with Crippen molar-refractivity contribution in [2.45, 2.75) is 6.92 Å². The van der Waals surface area contributed by atoms with Crippen LogP contribution in [0.4, 0.5) is 15.8 Å². The van der Waals surface area contributed by atoms with Crippen LogP contribution in [-0.2, 0) is 4.79 Å². The van der Waals surface area contributed by atoms with Crippen LogP contribution < -0.4 is 10.6 Å². The largest absolute Gasteiger partial charge is 0.374 e. The number of amides is 1. The first-order valence-electron chi connectivity index (χ1n) is 6.20. The Balaban J connectivity index is 1.97. The van der Waals surface area contributed by atoms with Gasteiger partial charge in [0.05, 0.1) is 22.3 Å². The average molecular weight is 327 g/mol. The van der Waals surface area contributed by atoms with Crippen molar-refractivity contribution in [1.29, 1.82) is 0 Å². The fraction of sp³-hybridized carbons (Fsp3) is 0.133. The van der Waals surface area contributed by atoms with E-state index in [4.69, 9.17) is 23.2 Å². The fourth-order valence-corrected chi connectivity index (χ4v) is 2.32. The van der Waals surface area contributed by atoms with E-state index in [0.29, 0.717) is 11.4 Å². The van der Waals surface area contributed by atoms with Crippen LogP contribution in [0.15, 0.2) is 36.4 Å². The molecule has 0 bridgehead atoms. The Morgan fingerprint density at radius 3 is 2.29 bits per heavy atom. The van der Waals surface area contributed by atoms with Gasteiger partial charge < -0.3 is 10.6 Å². The molecule has 0 radical (unpaired) electrons. The molecule has 0 spiro atoms. The minimum absolute atomic E-state index is 0.0288. The molecule has 0 saturated carbocycles. The van der Waals surface area contributed by atoms with Gasteiger partial charge in [-0.05, 0) is 31.2 Å². The van der Waals surface area contributed by atoms with Gasteiger partial charge in [0, 0.05) is 5.69 Å². The van der Waals surface area contributed by atoms with Gasteiger partial charge >= 0.3 is 0 Å². The molecule has 110 valence electrons. The Hall–Kier alpha value is -1.78. The second kappa shape index (κ2) is 6.78. The van der Waals surface area contributed by atoms with Gasteiger partial charge in [0.1, 0.15) is 5.82 Å². The van der Waals surface area contributed by atoms with E-state index in [0.717, 1.165) is 17.7 Å². The van der Waals surface area contributed by atoms with E-state index in [1.807, 2.05) is 31.2 Å². The Morgan fingerprint density at radius 1 is 1.14 bits per heavy atom. The summed E-state index contributed by atoms with van der Waals surface area (Å²) in [5.41, 5.74) is 2.14. The van der Waals surface area contributed by atoms with Crippen molar-refractivity contribution in [3.8, 4) is 0 Å². The number of hydrogen-bond donors (Lipinski definition) is 2. The first-order valence-corrected chi connectivity index (χ1v) is 6.96. The molecule has 0 saturated heterocycles. The summed E-state index contributed by atoms with van der Waals surface area (Å²) < 4.78 is 13.1. The highest BCUT2D eigenvalue weighted by molar-refractivity contribution is 6.39. The van der Waals surface area contributed by atoms with E-state index in [1.165, 1.54) is 0 Å². The molecule has 0 aliphatic carbocycles. The summed E-state index contributed by atoms with van der Waals surface area (Å²) in [6.45, 7) is 1.94. The highest BCUT2D eigenvalue weighted by Crippen LogP contribution is 2.31. The Morgan fingerprint density at radius 2 is 1.71 bits per heavy atom. The molecule has 2 N–H and O–H groups in total. The van der Waals surface area contributed by atoms with Crippen molar-refractivity contribution in [2.24, 2.45) is 0 Å². The molecule has 6 heteroatoms. The highest BCUT2D eigenvalue weighted by Gasteiger charge is 2.10. The average Bonchev–Trinajstić information content (AvgIpc) is 2.40. The standard InChI is InChI=1S/C15H13Cl2FN2O/c1-9-2-4-11(5-3-9)20-14(21)8-19-15-12(16)6-10(18)7-13(15)17/h2-7,19H,8H2,1H3,(H,20,21). The van der Waals surface area contributed by atoms with Gasteiger partial charge in [-0.15, -0.1) is 0 Å². The van der Waals surface area contributed by atoms with Crippen molar-refractivity contribution < 1.29 is 9.18 Å². The summed E-state index contributed by atoms with van der Waals surface area (Å²) >= 11 is 11.8. The van der Waals surface area contributed by atoms with E-state index in [2.05, 4.69) is 10.6 Å². The number of hydrogen-bond acceptors (Lipinski definition) is 2. The van der Waals surface area contributed by atoms with Crippen LogP contribution in [-0.4, -0.2) is 12.5 Å². The summed E-state index contributed by atoms with van der Waals surface area (Å²) in [5.74, 6) is -0.782. The van der Waals surface area contributed by atoms with Crippen LogP contribution in [0, 0.1) is 12.7 Å². The predicted octanol–water partition coefficient (Wildman–Crippen LogP) is 4.49. The van der Waals surface area contributed by atoms with Crippen LogP contribution >= 0.6 is 23.2 Å². The second-order valence-electron chi connectivity index (χ2n) is 4.51. The number of benzene rings is 2. The summed E-state index contributed by atoms with van der Waals surface area (Å²) in [4.78, 5) is 11.8. The Labute approximate surface area is 132 Å². The summed E-state index contributed by atoms with van der Waals surface area (Å²) in [7, 11) is 0. The van der Waals surface area contributed by atoms with Gasteiger partial charge in [-0.25, -0.2) is 4.39 Å². The first-order chi connectivity index (χ1) is 9.95. The van der Waals surface area contributed by atoms with Crippen LogP contribution in [0.2, 0.25) is 10.0 Å². The van der Waals surface area contributed by atoms with E-state index >= 15 is 0 Å². The topological polar surface area (TPSA) is 41.1 Å². The molecule has 1 amide bonds. The maximum Gasteiger partial charge on any atom is 0.243 e. The highest BCUT2D eigenvalue weighted by atomic mass is 35.5. The minimum Gasteiger partial charge on any atom is -0.374 e. The van der Waals surface area contributed by atoms with Crippen molar-refractivity contribution >= 4 is 40.5 Å². The van der Waals surface area contributed by atoms with Gasteiger partial charge in [-0.1, -0.05) is 40.9 Å². The van der Waals surface area contributed by atoms with Crippen LogP contribution in [0.5, 0.6) is 0 Å². The van der Waals surface area contributed by atoms with E-state index in [9.17, 15) is 9.18 Å². The third kappa shape index (κ3) is 4.34. The van der Waals surface area contributed by atoms with E-state index in [1.54, 1.807) is 0 Å². The number of carbonyl (C=O) groups excluding carboxylic acids is 1. The number of halogens is 3. The number of nitrogens with one attached hydrogen (secondary N) is 2. The normalized spacial score (nSPS) is 10.3. The Kier molecular flexibility index (Phi) is 5.04. The van der Waals surface area contributed by atoms with Crippen LogP contribution in [0.1, 0.15) is 5.56 Å². The Bertz CT molecular complexity index is 636. The molecular formula is C15H13Cl2FN2O. The van der Waals surface area contributed by atoms with Gasteiger partial charge in [-0.2, -0.15) is 0 Å². The lowest BCUT2D eigenvalue weighted by Gasteiger charge is -2.11. The van der Waals surface area contributed by atoms with Gasteiger partial charge in [0.2, 0.25) is 5.91 Å². The maximum absolute atomic E-state index is 13.1. The molecule has 0 aromatic heterocycles. The third-order valence-electron chi connectivity index (χ3n) is 2.77. The van der Waals surface area contributed by atoms with Crippen molar-refractivity contribution in [1.82, 2.24) is 0 Å². The second-order valence-corrected chi connectivity index (χ2v) is 5.33. The molecule has 2 aromatic rings. The zero-order valence-corrected chi connectivity index (χ0v) is 12.7. The predicted molar refractivity (Wildman–Crippen MR) is 84.7 cm³/mol. The van der Waals surface area contributed by atoms with Gasteiger partial charge in [-0.3, -0.25) is 4.79 Å². The molecule has 2 rings (SSSR count). The minimum atomic E-state index is -0.528. The molecule has 0 atom stereocenters. The molecule has 2 aromatic carbocycles. The quantitative estimate of drug-likeness (QED) is 0.869. The molecule has 21 heavy (non-hydrogen) atoms. The summed E-state index contributed by atoms with van der Waals surface area (Å²) in [5, 5.41) is 5.78. The first kappa shape index (κ1) is 15.6.